The van der Waals surface area contributed by atoms with E-state index in [-0.39, 0.29) is 67.1 Å². The molecule has 0 saturated carbocycles. The highest BCUT2D eigenvalue weighted by Gasteiger charge is 2.57. The number of pyridine rings is 3. The summed E-state index contributed by atoms with van der Waals surface area (Å²) in [5.74, 6) is 0.757. The van der Waals surface area contributed by atoms with Crippen molar-refractivity contribution in [3.8, 4) is 40.1 Å². The minimum absolute atomic E-state index is 0.0290. The van der Waals surface area contributed by atoms with Gasteiger partial charge in [0.25, 0.3) is 47.3 Å². The number of ether oxygens (including phenoxy) is 5. The maximum Gasteiger partial charge on any atom is 0.322 e. The van der Waals surface area contributed by atoms with Crippen LogP contribution in [0.3, 0.4) is 0 Å². The van der Waals surface area contributed by atoms with Crippen molar-refractivity contribution in [3.05, 3.63) is 246 Å². The number of nitrogens with zero attached hydrogens (tertiary/aromatic N) is 9. The fourth-order valence-electron chi connectivity index (χ4n) is 16.2. The molecule has 0 radical (unpaired) electrons. The predicted octanol–water partition coefficient (Wildman–Crippen LogP) is 7.96. The minimum atomic E-state index is -1.56. The zero-order valence-corrected chi connectivity index (χ0v) is 69.9. The van der Waals surface area contributed by atoms with Crippen molar-refractivity contribution >= 4 is 127 Å². The number of fused-ring (bicyclic) bond motifs is 7. The third-order valence-corrected chi connectivity index (χ3v) is 23.8. The molecule has 0 bridgehead atoms. The number of imide groups is 4. The molecule has 634 valence electrons. The van der Waals surface area contributed by atoms with Crippen molar-refractivity contribution in [2.24, 2.45) is 0 Å². The molecule has 4 saturated heterocycles. The summed E-state index contributed by atoms with van der Waals surface area (Å²) in [5.41, 5.74) is 6.34. The summed E-state index contributed by atoms with van der Waals surface area (Å²) >= 11 is 2.12. The number of benzene rings is 5. The fourth-order valence-corrected chi connectivity index (χ4v) is 16.6. The molecule has 0 spiro atoms. The van der Waals surface area contributed by atoms with Gasteiger partial charge >= 0.3 is 24.1 Å². The summed E-state index contributed by atoms with van der Waals surface area (Å²) in [6, 6.07) is 37.6. The van der Waals surface area contributed by atoms with Crippen LogP contribution in [0, 0.1) is 24.5 Å². The molecule has 0 unspecified atom stereocenters. The van der Waals surface area contributed by atoms with Gasteiger partial charge in [0.05, 0.1) is 74.1 Å². The second-order valence-electron chi connectivity index (χ2n) is 30.6. The molecule has 16 amide bonds. The molecule has 8 N–H and O–H groups in total. The molecule has 5 aromatic carbocycles. The van der Waals surface area contributed by atoms with Gasteiger partial charge in [-0.05, 0) is 155 Å². The van der Waals surface area contributed by atoms with Crippen LogP contribution < -0.4 is 66.2 Å². The molecule has 7 aromatic heterocycles. The van der Waals surface area contributed by atoms with Crippen molar-refractivity contribution in [2.45, 2.75) is 69.1 Å². The Labute approximate surface area is 721 Å². The van der Waals surface area contributed by atoms with E-state index in [4.69, 9.17) is 36.9 Å². The van der Waals surface area contributed by atoms with E-state index < -0.39 is 69.9 Å². The molecule has 37 nitrogen and oxygen atoms in total. The smallest absolute Gasteiger partial charge is 0.322 e. The maximum atomic E-state index is 13.1. The number of aromatic nitrogens is 5. The molecule has 8 aliphatic rings. The Balaban J connectivity index is 0.000000118. The Morgan fingerprint density at radius 3 is 1.10 bits per heavy atom. The zero-order valence-electron chi connectivity index (χ0n) is 67.7. The van der Waals surface area contributed by atoms with Crippen molar-refractivity contribution in [2.75, 3.05) is 61.7 Å². The Bertz CT molecular complexity index is 6380. The van der Waals surface area contributed by atoms with Gasteiger partial charge in [-0.25, -0.2) is 39.1 Å². The van der Waals surface area contributed by atoms with Gasteiger partial charge in [0.1, 0.15) is 60.5 Å². The molecule has 38 heteroatoms. The van der Waals surface area contributed by atoms with E-state index in [1.165, 1.54) is 50.2 Å². The van der Waals surface area contributed by atoms with E-state index in [0.29, 0.717) is 122 Å². The van der Waals surface area contributed by atoms with E-state index in [2.05, 4.69) is 90.0 Å². The van der Waals surface area contributed by atoms with Gasteiger partial charge in [0.15, 0.2) is 50.5 Å². The average Bonchev–Trinajstić information content (AvgIpc) is 1.59. The van der Waals surface area contributed by atoms with Gasteiger partial charge in [-0.3, -0.25) is 64.6 Å². The summed E-state index contributed by atoms with van der Waals surface area (Å²) in [5, 5.41) is 19.9. The van der Waals surface area contributed by atoms with Gasteiger partial charge in [-0.15, -0.1) is 0 Å². The lowest BCUT2D eigenvalue weighted by Crippen LogP contribution is -2.52. The van der Waals surface area contributed by atoms with Crippen LogP contribution in [0.5, 0.6) is 28.7 Å². The second-order valence-corrected chi connectivity index (χ2v) is 31.6. The van der Waals surface area contributed by atoms with E-state index in [1.54, 1.807) is 133 Å². The molecule has 0 aliphatic carbocycles. The number of rotatable bonds is 18. The minimum Gasteiger partial charge on any atom is -0.497 e. The van der Waals surface area contributed by atoms with Gasteiger partial charge in [0.2, 0.25) is 0 Å². The first-order valence-electron chi connectivity index (χ1n) is 38.7. The fraction of sp³-hybridized carbons (Fsp3) is 0.230. The molecular weight excluding hydrogens is 1730 g/mol. The van der Waals surface area contributed by atoms with Crippen molar-refractivity contribution in [3.63, 3.8) is 0 Å². The van der Waals surface area contributed by atoms with Crippen molar-refractivity contribution < 1.29 is 94.5 Å². The summed E-state index contributed by atoms with van der Waals surface area (Å²) < 4.78 is 44.5. The van der Waals surface area contributed by atoms with Crippen LogP contribution in [-0.4, -0.2) is 178 Å². The lowest BCUT2D eigenvalue weighted by atomic mass is 9.88. The molecule has 12 aromatic rings. The van der Waals surface area contributed by atoms with Gasteiger partial charge in [-0.1, -0.05) is 48.5 Å². The van der Waals surface area contributed by atoms with Crippen LogP contribution in [0.4, 0.5) is 19.2 Å². The first kappa shape index (κ1) is 82.0. The molecule has 20 rings (SSSR count). The van der Waals surface area contributed by atoms with Crippen molar-refractivity contribution in [1.29, 1.82) is 0 Å². The van der Waals surface area contributed by atoms with Gasteiger partial charge < -0.3 is 77.8 Å². The highest BCUT2D eigenvalue weighted by atomic mass is 127. The Morgan fingerprint density at radius 1 is 0.368 bits per heavy atom. The maximum absolute atomic E-state index is 13.1. The average molecular weight is 1800 g/mol. The standard InChI is InChI=1S/C24H21N5O5.C21H17IN4O5.2C21H18N4O5/c1-33-17-8-5-15-12-29(21(30)19(15)9-17)13-24(22(31)27-23(32)28-24)16-6-3-14(4-7-16)20-25-10-18(34-2)11-26-20;1-10-5-15-14(23-17(10)22)7-16(31-15)21(19(28)24-20(29)25-21)9-26-8-11-3-4-12(30-2)6-13(11)18(26)27;1-11-3-6-16-15(22-11)8-17(30-16)21(19(27)23-20(28)24-21)10-25-9-12-4-5-13(29-2)7-14(12)18(25)26;1-11-5-16-15(22-8-11)7-17(30-16)21(19(27)23-20(28)24-21)10-25-9-12-3-4-13(29-2)6-14(12)18(25)26/h3-11H,12-13H2,1-2H3,(H2,27,28,31,32);3-7H,8-9H2,1-2H3,(H2,24,25,28,29);2*3-8H,9-10H2,1-2H3,(H2,23,24,27,28)/t24-;3*21-/m0000/s1. The highest BCUT2D eigenvalue weighted by molar-refractivity contribution is 14.1. The molecule has 4 atom stereocenters. The lowest BCUT2D eigenvalue weighted by molar-refractivity contribution is -0.126. The third-order valence-electron chi connectivity index (χ3n) is 22.7. The van der Waals surface area contributed by atoms with E-state index in [0.717, 1.165) is 48.3 Å². The molecule has 15 heterocycles. The molecular formula is C87H74IN17O20. The van der Waals surface area contributed by atoms with Crippen LogP contribution in [0.25, 0.3) is 44.7 Å². The van der Waals surface area contributed by atoms with Crippen LogP contribution in [-0.2, 0) is 67.5 Å². The van der Waals surface area contributed by atoms with Crippen LogP contribution in [0.1, 0.15) is 103 Å². The quantitative estimate of drug-likeness (QED) is 0.0229. The third kappa shape index (κ3) is 14.8. The highest BCUT2D eigenvalue weighted by Crippen LogP contribution is 2.41. The number of amides is 16. The number of hydrogen-bond donors (Lipinski definition) is 8. The predicted molar refractivity (Wildman–Crippen MR) is 447 cm³/mol. The van der Waals surface area contributed by atoms with Gasteiger partial charge in [0, 0.05) is 84.1 Å². The second kappa shape index (κ2) is 31.9. The summed E-state index contributed by atoms with van der Waals surface area (Å²) in [6.45, 7) is 6.59. The van der Waals surface area contributed by atoms with Crippen LogP contribution in [0.15, 0.2) is 171 Å². The number of methoxy groups -OCH3 is 5. The molecule has 125 heavy (non-hydrogen) atoms. The number of halogens is 1. The number of aryl methyl sites for hydroxylation is 3. The first-order valence-corrected chi connectivity index (χ1v) is 39.8. The summed E-state index contributed by atoms with van der Waals surface area (Å²) in [4.78, 5) is 180. The number of hydrogen-bond acceptors (Lipinski definition) is 25. The summed E-state index contributed by atoms with van der Waals surface area (Å²) in [6.07, 6.45) is 4.82. The first-order chi connectivity index (χ1) is 60.0. The Morgan fingerprint density at radius 2 is 0.720 bits per heavy atom. The van der Waals surface area contributed by atoms with Crippen molar-refractivity contribution in [1.82, 2.24) is 87.1 Å². The molecule has 8 aliphatic heterocycles. The normalized spacial score (nSPS) is 20.0. The number of carbonyl (C=O) groups is 12. The number of nitrogens with one attached hydrogen (secondary N) is 8. The monoisotopic (exact) mass is 1800 g/mol. The number of urea groups is 4. The topological polar surface area (TPSA) is 464 Å². The largest absolute Gasteiger partial charge is 0.497 e. The number of furan rings is 3. The van der Waals surface area contributed by atoms with Crippen LogP contribution in [0.2, 0.25) is 0 Å². The number of carbonyl (C=O) groups excluding carboxylic acids is 12. The van der Waals surface area contributed by atoms with E-state index >= 15 is 0 Å². The Hall–Kier alpha value is -15.4. The van der Waals surface area contributed by atoms with E-state index in [9.17, 15) is 57.5 Å². The van der Waals surface area contributed by atoms with Gasteiger partial charge in [-0.2, -0.15) is 0 Å². The molecule has 4 fully saturated rings. The zero-order chi connectivity index (χ0) is 87.9. The Kier molecular flexibility index (Phi) is 20.9. The van der Waals surface area contributed by atoms with Crippen LogP contribution >= 0.6 is 22.6 Å². The van der Waals surface area contributed by atoms with E-state index in [1.807, 2.05) is 51.1 Å². The summed E-state index contributed by atoms with van der Waals surface area (Å²) in [7, 11) is 7.67. The lowest BCUT2D eigenvalue weighted by Gasteiger charge is -2.31. The SMILES string of the molecule is COc1ccc2c(c1)C(=O)N(C[C@@]1(c3cc4nc(C)ccc4o3)NC(=O)NC1=O)C2.COc1ccc2c(c1)C(=O)N(C[C@@]1(c3cc4nc(I)c(C)cc4o3)NC(=O)NC1=O)C2.COc1ccc2c(c1)C(=O)N(C[C@@]1(c3cc4ncc(C)cc4o3)NC(=O)NC1=O)C2.COc1cnc(-c2ccc([C@]3(CN4Cc5ccc(OC)cc5C4=O)NC(=O)NC3=O)cc2)nc1.